The van der Waals surface area contributed by atoms with Gasteiger partial charge in [-0.15, -0.1) is 11.8 Å². The van der Waals surface area contributed by atoms with E-state index in [0.717, 1.165) is 25.1 Å². The summed E-state index contributed by atoms with van der Waals surface area (Å²) in [6.07, 6.45) is 7.96. The van der Waals surface area contributed by atoms with E-state index in [-0.39, 0.29) is 0 Å². The smallest absolute Gasteiger partial charge is 0.0946 e. The van der Waals surface area contributed by atoms with Crippen molar-refractivity contribution in [2.24, 2.45) is 0 Å². The topological polar surface area (TPSA) is 43.8 Å². The number of thioether (sulfide) groups is 1. The second-order valence-corrected chi connectivity index (χ2v) is 6.97. The Morgan fingerprint density at radius 3 is 2.52 bits per heavy atom. The van der Waals surface area contributed by atoms with Crippen LogP contribution in [-0.2, 0) is 13.0 Å². The van der Waals surface area contributed by atoms with Crippen LogP contribution in [0.5, 0.6) is 0 Å². The third kappa shape index (κ3) is 4.89. The molecular weight excluding hydrogens is 302 g/mol. The first kappa shape index (κ1) is 15.7. The number of hydrogen-bond donors (Lipinski definition) is 1. The number of hydrogen-bond acceptors (Lipinski definition) is 3. The van der Waals surface area contributed by atoms with Crippen LogP contribution in [0, 0.1) is 0 Å². The zero-order chi connectivity index (χ0) is 15.9. The fourth-order valence-electron chi connectivity index (χ4n) is 2.53. The molecule has 118 valence electrons. The van der Waals surface area contributed by atoms with E-state index in [2.05, 4.69) is 52.0 Å². The Labute approximate surface area is 141 Å². The lowest BCUT2D eigenvalue weighted by molar-refractivity contribution is 0.624. The number of nitrogens with zero attached hydrogens (tertiary/aromatic N) is 2. The van der Waals surface area contributed by atoms with Gasteiger partial charge in [-0.2, -0.15) is 0 Å². The zero-order valence-corrected chi connectivity index (χ0v) is 13.8. The number of rotatable bonds is 7. The van der Waals surface area contributed by atoms with Crippen LogP contribution < -0.4 is 5.73 Å². The summed E-state index contributed by atoms with van der Waals surface area (Å²) in [4.78, 5) is 5.41. The number of aryl methyl sites for hydroxylation is 1. The SMILES string of the molecule is Nc1ccc(SC(CCc2ccccc2)Cn2ccnc2)cc1. The first-order valence-corrected chi connectivity index (χ1v) is 8.69. The average Bonchev–Trinajstić information content (AvgIpc) is 3.09. The van der Waals surface area contributed by atoms with E-state index < -0.39 is 0 Å². The molecule has 23 heavy (non-hydrogen) atoms. The Morgan fingerprint density at radius 2 is 1.83 bits per heavy atom. The largest absolute Gasteiger partial charge is 0.399 e. The Morgan fingerprint density at radius 1 is 1.04 bits per heavy atom. The third-order valence-electron chi connectivity index (χ3n) is 3.75. The van der Waals surface area contributed by atoms with E-state index >= 15 is 0 Å². The van der Waals surface area contributed by atoms with Gasteiger partial charge in [0.25, 0.3) is 0 Å². The van der Waals surface area contributed by atoms with E-state index in [4.69, 9.17) is 5.73 Å². The van der Waals surface area contributed by atoms with Gasteiger partial charge in [0.1, 0.15) is 0 Å². The fraction of sp³-hybridized carbons (Fsp3) is 0.211. The summed E-state index contributed by atoms with van der Waals surface area (Å²) < 4.78 is 2.15. The van der Waals surface area contributed by atoms with Gasteiger partial charge in [0.05, 0.1) is 6.33 Å². The van der Waals surface area contributed by atoms with Crippen LogP contribution in [0.1, 0.15) is 12.0 Å². The summed E-state index contributed by atoms with van der Waals surface area (Å²) in [7, 11) is 0. The number of anilines is 1. The maximum absolute atomic E-state index is 5.78. The highest BCUT2D eigenvalue weighted by atomic mass is 32.2. The molecule has 3 rings (SSSR count). The molecule has 2 aromatic carbocycles. The minimum atomic E-state index is 0.494. The van der Waals surface area contributed by atoms with Crippen molar-refractivity contribution < 1.29 is 0 Å². The molecule has 0 amide bonds. The molecular formula is C19H21N3S. The Balaban J connectivity index is 1.66. The third-order valence-corrected chi connectivity index (χ3v) is 5.02. The van der Waals surface area contributed by atoms with Gasteiger partial charge in [-0.1, -0.05) is 30.3 Å². The van der Waals surface area contributed by atoms with Crippen LogP contribution in [-0.4, -0.2) is 14.8 Å². The van der Waals surface area contributed by atoms with Crippen molar-refractivity contribution in [1.29, 1.82) is 0 Å². The van der Waals surface area contributed by atoms with Gasteiger partial charge in [-0.05, 0) is 42.7 Å². The van der Waals surface area contributed by atoms with Crippen molar-refractivity contribution in [3.05, 3.63) is 78.9 Å². The molecule has 0 aliphatic rings. The summed E-state index contributed by atoms with van der Waals surface area (Å²) in [6, 6.07) is 18.8. The number of aromatic nitrogens is 2. The molecule has 0 saturated heterocycles. The second kappa shape index (κ2) is 7.88. The molecule has 0 radical (unpaired) electrons. The number of benzene rings is 2. The van der Waals surface area contributed by atoms with Gasteiger partial charge >= 0.3 is 0 Å². The predicted octanol–water partition coefficient (Wildman–Crippen LogP) is 4.26. The van der Waals surface area contributed by atoms with Crippen LogP contribution in [0.15, 0.2) is 78.2 Å². The van der Waals surface area contributed by atoms with E-state index in [1.165, 1.54) is 10.5 Å². The minimum Gasteiger partial charge on any atom is -0.399 e. The van der Waals surface area contributed by atoms with Gasteiger partial charge in [0, 0.05) is 34.8 Å². The first-order chi connectivity index (χ1) is 11.3. The van der Waals surface area contributed by atoms with Gasteiger partial charge in [-0.3, -0.25) is 0 Å². The molecule has 0 aliphatic heterocycles. The molecule has 3 nitrogen and oxygen atoms in total. The lowest BCUT2D eigenvalue weighted by Gasteiger charge is -2.17. The Hall–Kier alpha value is -2.20. The van der Waals surface area contributed by atoms with Crippen molar-refractivity contribution in [2.75, 3.05) is 5.73 Å². The summed E-state index contributed by atoms with van der Waals surface area (Å²) in [6.45, 7) is 0.960. The molecule has 1 atom stereocenters. The quantitative estimate of drug-likeness (QED) is 0.522. The molecule has 1 heterocycles. The maximum atomic E-state index is 5.78. The van der Waals surface area contributed by atoms with Crippen molar-refractivity contribution in [1.82, 2.24) is 9.55 Å². The molecule has 0 aliphatic carbocycles. The van der Waals surface area contributed by atoms with E-state index in [0.29, 0.717) is 5.25 Å². The zero-order valence-electron chi connectivity index (χ0n) is 13.0. The van der Waals surface area contributed by atoms with Crippen LogP contribution in [0.2, 0.25) is 0 Å². The molecule has 0 fully saturated rings. The fourth-order valence-corrected chi connectivity index (χ4v) is 3.69. The maximum Gasteiger partial charge on any atom is 0.0946 e. The van der Waals surface area contributed by atoms with Crippen LogP contribution >= 0.6 is 11.8 Å². The average molecular weight is 323 g/mol. The van der Waals surface area contributed by atoms with Crippen molar-refractivity contribution >= 4 is 17.4 Å². The molecule has 3 aromatic rings. The van der Waals surface area contributed by atoms with E-state index in [9.17, 15) is 0 Å². The normalized spacial score (nSPS) is 12.2. The Kier molecular flexibility index (Phi) is 5.37. The monoisotopic (exact) mass is 323 g/mol. The predicted molar refractivity (Wildman–Crippen MR) is 97.5 cm³/mol. The van der Waals surface area contributed by atoms with Crippen molar-refractivity contribution in [3.8, 4) is 0 Å². The highest BCUT2D eigenvalue weighted by molar-refractivity contribution is 8.00. The Bertz CT molecular complexity index is 693. The molecule has 0 saturated carbocycles. The van der Waals surface area contributed by atoms with Crippen LogP contribution in [0.25, 0.3) is 0 Å². The van der Waals surface area contributed by atoms with Gasteiger partial charge in [0.15, 0.2) is 0 Å². The van der Waals surface area contributed by atoms with Crippen molar-refractivity contribution in [3.63, 3.8) is 0 Å². The van der Waals surface area contributed by atoms with Gasteiger partial charge in [0.2, 0.25) is 0 Å². The second-order valence-electron chi connectivity index (χ2n) is 5.59. The summed E-state index contributed by atoms with van der Waals surface area (Å²) in [5.74, 6) is 0. The standard InChI is InChI=1S/C19H21N3S/c20-17-7-10-18(11-8-17)23-19(14-22-13-12-21-15-22)9-6-16-4-2-1-3-5-16/h1-5,7-8,10-13,15,19H,6,9,14,20H2. The molecule has 0 bridgehead atoms. The van der Waals surface area contributed by atoms with Gasteiger partial charge < -0.3 is 10.3 Å². The molecule has 2 N–H and O–H groups in total. The molecule has 1 unspecified atom stereocenters. The van der Waals surface area contributed by atoms with E-state index in [1.807, 2.05) is 42.6 Å². The summed E-state index contributed by atoms with van der Waals surface area (Å²) in [5.41, 5.74) is 7.98. The molecule has 1 aromatic heterocycles. The highest BCUT2D eigenvalue weighted by Gasteiger charge is 2.12. The van der Waals surface area contributed by atoms with Crippen LogP contribution in [0.4, 0.5) is 5.69 Å². The van der Waals surface area contributed by atoms with Crippen LogP contribution in [0.3, 0.4) is 0 Å². The lowest BCUT2D eigenvalue weighted by Crippen LogP contribution is -2.13. The molecule has 0 spiro atoms. The first-order valence-electron chi connectivity index (χ1n) is 7.81. The number of nitrogen functional groups attached to an aromatic ring is 1. The minimum absolute atomic E-state index is 0.494. The summed E-state index contributed by atoms with van der Waals surface area (Å²) in [5, 5.41) is 0.494. The summed E-state index contributed by atoms with van der Waals surface area (Å²) >= 11 is 1.91. The molecule has 4 heteroatoms. The van der Waals surface area contributed by atoms with Crippen molar-refractivity contribution in [2.45, 2.75) is 29.5 Å². The van der Waals surface area contributed by atoms with Gasteiger partial charge in [-0.25, -0.2) is 4.98 Å². The van der Waals surface area contributed by atoms with E-state index in [1.54, 1.807) is 0 Å². The lowest BCUT2D eigenvalue weighted by atomic mass is 10.1. The highest BCUT2D eigenvalue weighted by Crippen LogP contribution is 2.28. The number of nitrogens with two attached hydrogens (primary N) is 1. The number of imidazole rings is 1.